The maximum atomic E-state index is 12.3. The number of nitro benzene ring substituents is 1. The Morgan fingerprint density at radius 1 is 1.21 bits per heavy atom. The first kappa shape index (κ1) is 21.3. The number of aryl methyl sites for hydroxylation is 1. The fourth-order valence-electron chi connectivity index (χ4n) is 2.92. The lowest BCUT2D eigenvalue weighted by molar-refractivity contribution is -0.384. The molecular formula is C20H26N4O4. The van der Waals surface area contributed by atoms with E-state index in [0.717, 1.165) is 11.1 Å². The van der Waals surface area contributed by atoms with Gasteiger partial charge in [0.05, 0.1) is 16.7 Å². The summed E-state index contributed by atoms with van der Waals surface area (Å²) in [5, 5.41) is 27.0. The number of aliphatic hydroxyl groups excluding tert-OH is 1. The Morgan fingerprint density at radius 2 is 1.89 bits per heavy atom. The molecule has 2 aromatic rings. The van der Waals surface area contributed by atoms with E-state index in [4.69, 9.17) is 0 Å². The van der Waals surface area contributed by atoms with Gasteiger partial charge in [-0.15, -0.1) is 0 Å². The van der Waals surface area contributed by atoms with Crippen LogP contribution < -0.4 is 10.6 Å². The number of nitrogens with one attached hydrogen (secondary N) is 2. The molecule has 0 spiro atoms. The zero-order chi connectivity index (χ0) is 20.7. The first-order valence-electron chi connectivity index (χ1n) is 8.95. The van der Waals surface area contributed by atoms with Crippen molar-refractivity contribution in [2.75, 3.05) is 32.5 Å². The summed E-state index contributed by atoms with van der Waals surface area (Å²) in [6.07, 6.45) is -0.733. The summed E-state index contributed by atoms with van der Waals surface area (Å²) < 4.78 is 0. The summed E-state index contributed by atoms with van der Waals surface area (Å²) in [7, 11) is 3.80. The predicted molar refractivity (Wildman–Crippen MR) is 108 cm³/mol. The minimum Gasteiger partial charge on any atom is -0.388 e. The molecule has 0 aliphatic rings. The minimum absolute atomic E-state index is 0.0918. The Bertz CT molecular complexity index is 811. The number of anilines is 1. The highest BCUT2D eigenvalue weighted by Crippen LogP contribution is 2.23. The zero-order valence-corrected chi connectivity index (χ0v) is 16.3. The van der Waals surface area contributed by atoms with Crippen molar-refractivity contribution in [3.05, 3.63) is 69.8 Å². The number of benzene rings is 2. The van der Waals surface area contributed by atoms with Crippen LogP contribution in [0.25, 0.3) is 0 Å². The van der Waals surface area contributed by atoms with Gasteiger partial charge in [-0.05, 0) is 32.1 Å². The van der Waals surface area contributed by atoms with Crippen LogP contribution in [0.4, 0.5) is 16.2 Å². The summed E-state index contributed by atoms with van der Waals surface area (Å²) >= 11 is 0. The van der Waals surface area contributed by atoms with Crippen LogP contribution in [0.1, 0.15) is 17.2 Å². The van der Waals surface area contributed by atoms with Crippen molar-refractivity contribution in [2.45, 2.75) is 13.0 Å². The van der Waals surface area contributed by atoms with Crippen molar-refractivity contribution in [1.29, 1.82) is 0 Å². The summed E-state index contributed by atoms with van der Waals surface area (Å²) in [5.41, 5.74) is 1.78. The molecule has 0 saturated heterocycles. The number of amides is 2. The van der Waals surface area contributed by atoms with E-state index in [1.54, 1.807) is 13.0 Å². The summed E-state index contributed by atoms with van der Waals surface area (Å²) in [5.74, 6) is -0.227. The van der Waals surface area contributed by atoms with Crippen molar-refractivity contribution in [2.24, 2.45) is 5.92 Å². The molecule has 150 valence electrons. The standard InChI is InChI=1S/C20H26N4O4/c1-14-9-10-17(24(27)28)11-18(14)22-20(26)21-12-16(13-23(2)3)19(25)15-7-5-4-6-8-15/h4-11,16,19,25H,12-13H2,1-3H3,(H2,21,22,26)/t16-,19-/m1/s1. The van der Waals surface area contributed by atoms with E-state index in [0.29, 0.717) is 12.2 Å². The molecule has 2 atom stereocenters. The number of non-ortho nitro benzene ring substituents is 1. The van der Waals surface area contributed by atoms with E-state index in [9.17, 15) is 20.0 Å². The molecule has 0 radical (unpaired) electrons. The summed E-state index contributed by atoms with van der Waals surface area (Å²) in [4.78, 5) is 24.7. The maximum Gasteiger partial charge on any atom is 0.319 e. The van der Waals surface area contributed by atoms with Gasteiger partial charge in [-0.25, -0.2) is 4.79 Å². The molecular weight excluding hydrogens is 360 g/mol. The first-order valence-corrected chi connectivity index (χ1v) is 8.95. The van der Waals surface area contributed by atoms with Gasteiger partial charge in [-0.2, -0.15) is 0 Å². The van der Waals surface area contributed by atoms with Gasteiger partial charge < -0.3 is 20.6 Å². The fraction of sp³-hybridized carbons (Fsp3) is 0.350. The molecule has 0 aromatic heterocycles. The Labute approximate surface area is 164 Å². The third-order valence-electron chi connectivity index (χ3n) is 4.39. The quantitative estimate of drug-likeness (QED) is 0.478. The third-order valence-corrected chi connectivity index (χ3v) is 4.39. The van der Waals surface area contributed by atoms with Crippen molar-refractivity contribution in [3.63, 3.8) is 0 Å². The Hall–Kier alpha value is -2.97. The van der Waals surface area contributed by atoms with Crippen LogP contribution in [0, 0.1) is 23.0 Å². The number of carbonyl (C=O) groups is 1. The third kappa shape index (κ3) is 6.04. The lowest BCUT2D eigenvalue weighted by Gasteiger charge is -2.26. The average molecular weight is 386 g/mol. The van der Waals surface area contributed by atoms with Gasteiger partial charge in [0.1, 0.15) is 0 Å². The van der Waals surface area contributed by atoms with E-state index in [-0.39, 0.29) is 18.2 Å². The minimum atomic E-state index is -0.733. The molecule has 8 nitrogen and oxygen atoms in total. The van der Waals surface area contributed by atoms with Gasteiger partial charge in [0, 0.05) is 31.1 Å². The predicted octanol–water partition coefficient (Wildman–Crippen LogP) is 2.94. The fourth-order valence-corrected chi connectivity index (χ4v) is 2.92. The van der Waals surface area contributed by atoms with Gasteiger partial charge in [0.2, 0.25) is 0 Å². The van der Waals surface area contributed by atoms with E-state index in [2.05, 4.69) is 10.6 Å². The van der Waals surface area contributed by atoms with Crippen molar-refractivity contribution in [3.8, 4) is 0 Å². The Kier molecular flexibility index (Phi) is 7.48. The Balaban J connectivity index is 2.03. The van der Waals surface area contributed by atoms with E-state index < -0.39 is 17.1 Å². The number of aliphatic hydroxyl groups is 1. The van der Waals surface area contributed by atoms with Crippen LogP contribution in [-0.2, 0) is 0 Å². The molecule has 0 heterocycles. The summed E-state index contributed by atoms with van der Waals surface area (Å²) in [6.45, 7) is 2.58. The van der Waals surface area contributed by atoms with E-state index in [1.165, 1.54) is 12.1 Å². The first-order chi connectivity index (χ1) is 13.3. The Morgan fingerprint density at radius 3 is 2.50 bits per heavy atom. The second-order valence-corrected chi connectivity index (χ2v) is 6.97. The SMILES string of the molecule is Cc1ccc([N+](=O)[O-])cc1NC(=O)NC[C@H](CN(C)C)[C@H](O)c1ccccc1. The lowest BCUT2D eigenvalue weighted by atomic mass is 9.95. The van der Waals surface area contributed by atoms with Crippen LogP contribution >= 0.6 is 0 Å². The lowest BCUT2D eigenvalue weighted by Crippen LogP contribution is -2.39. The van der Waals surface area contributed by atoms with Crippen LogP contribution in [0.3, 0.4) is 0 Å². The number of hydrogen-bond acceptors (Lipinski definition) is 5. The number of rotatable bonds is 8. The second kappa shape index (κ2) is 9.82. The zero-order valence-electron chi connectivity index (χ0n) is 16.3. The number of nitro groups is 1. The maximum absolute atomic E-state index is 12.3. The van der Waals surface area contributed by atoms with Crippen molar-refractivity contribution in [1.82, 2.24) is 10.2 Å². The van der Waals surface area contributed by atoms with E-state index >= 15 is 0 Å². The van der Waals surface area contributed by atoms with Crippen LogP contribution in [0.2, 0.25) is 0 Å². The van der Waals surface area contributed by atoms with Crippen LogP contribution in [-0.4, -0.2) is 48.1 Å². The molecule has 0 saturated carbocycles. The highest BCUT2D eigenvalue weighted by molar-refractivity contribution is 5.90. The molecule has 2 rings (SSSR count). The molecule has 0 aliphatic carbocycles. The van der Waals surface area contributed by atoms with Crippen LogP contribution in [0.15, 0.2) is 48.5 Å². The number of hydrogen-bond donors (Lipinski definition) is 3. The molecule has 0 fully saturated rings. The molecule has 0 aliphatic heterocycles. The normalized spacial score (nSPS) is 13.0. The van der Waals surface area contributed by atoms with Gasteiger partial charge in [-0.3, -0.25) is 10.1 Å². The average Bonchev–Trinajstić information content (AvgIpc) is 2.66. The van der Waals surface area contributed by atoms with Crippen molar-refractivity contribution >= 4 is 17.4 Å². The molecule has 3 N–H and O–H groups in total. The molecule has 28 heavy (non-hydrogen) atoms. The molecule has 8 heteroatoms. The molecule has 2 aromatic carbocycles. The van der Waals surface area contributed by atoms with Gasteiger partial charge in [0.25, 0.3) is 5.69 Å². The second-order valence-electron chi connectivity index (χ2n) is 6.97. The number of nitrogens with zero attached hydrogens (tertiary/aromatic N) is 2. The molecule has 0 unspecified atom stereocenters. The number of urea groups is 1. The van der Waals surface area contributed by atoms with E-state index in [1.807, 2.05) is 49.3 Å². The molecule has 2 amide bonds. The number of carbonyl (C=O) groups excluding carboxylic acids is 1. The highest BCUT2D eigenvalue weighted by Gasteiger charge is 2.22. The summed E-state index contributed by atoms with van der Waals surface area (Å²) in [6, 6.07) is 13.1. The van der Waals surface area contributed by atoms with Gasteiger partial charge >= 0.3 is 6.03 Å². The smallest absolute Gasteiger partial charge is 0.319 e. The highest BCUT2D eigenvalue weighted by atomic mass is 16.6. The molecule has 0 bridgehead atoms. The van der Waals surface area contributed by atoms with Crippen molar-refractivity contribution < 1.29 is 14.8 Å². The van der Waals surface area contributed by atoms with Gasteiger partial charge in [-0.1, -0.05) is 36.4 Å². The topological polar surface area (TPSA) is 108 Å². The largest absolute Gasteiger partial charge is 0.388 e. The van der Waals surface area contributed by atoms with Gasteiger partial charge in [0.15, 0.2) is 0 Å². The monoisotopic (exact) mass is 386 g/mol. The van der Waals surface area contributed by atoms with Crippen LogP contribution in [0.5, 0.6) is 0 Å².